The van der Waals surface area contributed by atoms with Gasteiger partial charge in [0.25, 0.3) is 0 Å². The molecule has 1 aliphatic carbocycles. The molecular weight excluding hydrogens is 182 g/mol. The third-order valence-corrected chi connectivity index (χ3v) is 2.01. The third kappa shape index (κ3) is 5.35. The van der Waals surface area contributed by atoms with Crippen LogP contribution in [0.25, 0.3) is 0 Å². The number of allylic oxidation sites excluding steroid dienone is 1. The summed E-state index contributed by atoms with van der Waals surface area (Å²) in [5.41, 5.74) is 0. The molecule has 1 amide bonds. The van der Waals surface area contributed by atoms with E-state index in [1.54, 1.807) is 6.08 Å². The van der Waals surface area contributed by atoms with E-state index in [0.29, 0.717) is 18.9 Å². The highest BCUT2D eigenvalue weighted by molar-refractivity contribution is 5.87. The van der Waals surface area contributed by atoms with Gasteiger partial charge >= 0.3 is 5.97 Å². The maximum Gasteiger partial charge on any atom is 0.303 e. The van der Waals surface area contributed by atoms with Crippen LogP contribution in [0.3, 0.4) is 0 Å². The lowest BCUT2D eigenvalue weighted by Crippen LogP contribution is -2.22. The SMILES string of the molecule is O=C(O)CCCNC(=O)/C=C/C1CC1. The zero-order valence-electron chi connectivity index (χ0n) is 8.03. The first-order valence-electron chi connectivity index (χ1n) is 4.86. The largest absolute Gasteiger partial charge is 0.481 e. The Labute approximate surface area is 83.0 Å². The number of carboxylic acids is 1. The number of rotatable bonds is 6. The minimum Gasteiger partial charge on any atom is -0.481 e. The van der Waals surface area contributed by atoms with Gasteiger partial charge < -0.3 is 10.4 Å². The van der Waals surface area contributed by atoms with E-state index in [1.807, 2.05) is 6.08 Å². The van der Waals surface area contributed by atoms with Gasteiger partial charge in [0.15, 0.2) is 0 Å². The highest BCUT2D eigenvalue weighted by Crippen LogP contribution is 2.29. The van der Waals surface area contributed by atoms with Gasteiger partial charge in [0.05, 0.1) is 0 Å². The molecule has 1 fully saturated rings. The Morgan fingerprint density at radius 3 is 2.71 bits per heavy atom. The number of aliphatic carboxylic acids is 1. The maximum atomic E-state index is 11.1. The van der Waals surface area contributed by atoms with E-state index in [9.17, 15) is 9.59 Å². The van der Waals surface area contributed by atoms with Crippen LogP contribution >= 0.6 is 0 Å². The van der Waals surface area contributed by atoms with Gasteiger partial charge in [-0.05, 0) is 31.3 Å². The van der Waals surface area contributed by atoms with Crippen LogP contribution in [0.5, 0.6) is 0 Å². The van der Waals surface area contributed by atoms with E-state index < -0.39 is 5.97 Å². The highest BCUT2D eigenvalue weighted by Gasteiger charge is 2.17. The molecule has 0 bridgehead atoms. The molecule has 0 spiro atoms. The first kappa shape index (κ1) is 10.8. The molecule has 0 aliphatic heterocycles. The summed E-state index contributed by atoms with van der Waals surface area (Å²) < 4.78 is 0. The zero-order valence-corrected chi connectivity index (χ0v) is 8.03. The molecule has 0 atom stereocenters. The Morgan fingerprint density at radius 1 is 1.43 bits per heavy atom. The van der Waals surface area contributed by atoms with Gasteiger partial charge in [-0.1, -0.05) is 6.08 Å². The lowest BCUT2D eigenvalue weighted by Gasteiger charge is -1.99. The third-order valence-electron chi connectivity index (χ3n) is 2.01. The van der Waals surface area contributed by atoms with Crippen molar-refractivity contribution in [1.82, 2.24) is 5.32 Å². The predicted octanol–water partition coefficient (Wildman–Crippen LogP) is 0.934. The monoisotopic (exact) mass is 197 g/mol. The van der Waals surface area contributed by atoms with Crippen molar-refractivity contribution < 1.29 is 14.7 Å². The maximum absolute atomic E-state index is 11.1. The van der Waals surface area contributed by atoms with Crippen LogP contribution in [0.4, 0.5) is 0 Å². The van der Waals surface area contributed by atoms with E-state index in [-0.39, 0.29) is 12.3 Å². The molecule has 0 radical (unpaired) electrons. The van der Waals surface area contributed by atoms with Crippen molar-refractivity contribution in [2.24, 2.45) is 5.92 Å². The number of carbonyl (C=O) groups excluding carboxylic acids is 1. The van der Waals surface area contributed by atoms with Gasteiger partial charge in [0.2, 0.25) is 5.91 Å². The van der Waals surface area contributed by atoms with Crippen LogP contribution in [-0.2, 0) is 9.59 Å². The van der Waals surface area contributed by atoms with Crippen molar-refractivity contribution in [3.8, 4) is 0 Å². The van der Waals surface area contributed by atoms with Crippen LogP contribution in [0.1, 0.15) is 25.7 Å². The van der Waals surface area contributed by atoms with E-state index >= 15 is 0 Å². The highest BCUT2D eigenvalue weighted by atomic mass is 16.4. The lowest BCUT2D eigenvalue weighted by molar-refractivity contribution is -0.137. The molecule has 0 aromatic rings. The number of hydrogen-bond acceptors (Lipinski definition) is 2. The summed E-state index contributed by atoms with van der Waals surface area (Å²) in [7, 11) is 0. The molecule has 1 rings (SSSR count). The minimum atomic E-state index is -0.826. The summed E-state index contributed by atoms with van der Waals surface area (Å²) in [6, 6.07) is 0. The second-order valence-corrected chi connectivity index (χ2v) is 3.48. The topological polar surface area (TPSA) is 66.4 Å². The minimum absolute atomic E-state index is 0.104. The number of nitrogens with one attached hydrogen (secondary N) is 1. The average molecular weight is 197 g/mol. The fraction of sp³-hybridized carbons (Fsp3) is 0.600. The van der Waals surface area contributed by atoms with Crippen molar-refractivity contribution in [2.75, 3.05) is 6.54 Å². The average Bonchev–Trinajstić information content (AvgIpc) is 2.92. The summed E-state index contributed by atoms with van der Waals surface area (Å²) in [5, 5.41) is 11.0. The molecule has 1 aliphatic rings. The van der Waals surface area contributed by atoms with Crippen molar-refractivity contribution >= 4 is 11.9 Å². The molecule has 4 nitrogen and oxygen atoms in total. The zero-order chi connectivity index (χ0) is 10.4. The molecule has 0 unspecified atom stereocenters. The van der Waals surface area contributed by atoms with Gasteiger partial charge in [-0.2, -0.15) is 0 Å². The van der Waals surface area contributed by atoms with Crippen LogP contribution in [0.2, 0.25) is 0 Å². The molecule has 0 aromatic carbocycles. The molecule has 4 heteroatoms. The van der Waals surface area contributed by atoms with Crippen LogP contribution in [0.15, 0.2) is 12.2 Å². The van der Waals surface area contributed by atoms with E-state index in [4.69, 9.17) is 5.11 Å². The summed E-state index contributed by atoms with van der Waals surface area (Å²) in [6.07, 6.45) is 6.40. The van der Waals surface area contributed by atoms with Gasteiger partial charge in [-0.3, -0.25) is 9.59 Å². The first-order valence-corrected chi connectivity index (χ1v) is 4.86. The van der Waals surface area contributed by atoms with Crippen molar-refractivity contribution in [1.29, 1.82) is 0 Å². The van der Waals surface area contributed by atoms with E-state index in [2.05, 4.69) is 5.32 Å². The summed E-state index contributed by atoms with van der Waals surface area (Å²) >= 11 is 0. The quantitative estimate of drug-likeness (QED) is 0.492. The smallest absolute Gasteiger partial charge is 0.303 e. The van der Waals surface area contributed by atoms with Crippen LogP contribution in [-0.4, -0.2) is 23.5 Å². The number of amides is 1. The Balaban J connectivity index is 1.99. The van der Waals surface area contributed by atoms with Gasteiger partial charge in [-0.25, -0.2) is 0 Å². The second-order valence-electron chi connectivity index (χ2n) is 3.48. The number of hydrogen-bond donors (Lipinski definition) is 2. The Morgan fingerprint density at radius 2 is 2.14 bits per heavy atom. The summed E-state index contributed by atoms with van der Waals surface area (Å²) in [4.78, 5) is 21.2. The Bertz CT molecular complexity index is 244. The first-order chi connectivity index (χ1) is 6.68. The molecule has 0 saturated heterocycles. The van der Waals surface area contributed by atoms with Gasteiger partial charge in [-0.15, -0.1) is 0 Å². The van der Waals surface area contributed by atoms with Crippen molar-refractivity contribution in [2.45, 2.75) is 25.7 Å². The number of carboxylic acid groups (broad SMARTS) is 1. The fourth-order valence-corrected chi connectivity index (χ4v) is 1.02. The molecule has 2 N–H and O–H groups in total. The fourth-order valence-electron chi connectivity index (χ4n) is 1.02. The van der Waals surface area contributed by atoms with Crippen LogP contribution in [0, 0.1) is 5.92 Å². The molecule has 0 aromatic heterocycles. The van der Waals surface area contributed by atoms with Gasteiger partial charge in [0.1, 0.15) is 0 Å². The molecular formula is C10H15NO3. The van der Waals surface area contributed by atoms with E-state index in [1.165, 1.54) is 12.8 Å². The summed E-state index contributed by atoms with van der Waals surface area (Å²) in [6.45, 7) is 0.431. The number of carbonyl (C=O) groups is 2. The summed E-state index contributed by atoms with van der Waals surface area (Å²) in [5.74, 6) is -0.352. The Hall–Kier alpha value is -1.32. The molecule has 1 saturated carbocycles. The lowest BCUT2D eigenvalue weighted by atomic mass is 10.3. The normalized spacial score (nSPS) is 15.7. The molecule has 14 heavy (non-hydrogen) atoms. The Kier molecular flexibility index (Phi) is 4.16. The van der Waals surface area contributed by atoms with Gasteiger partial charge in [0, 0.05) is 13.0 Å². The van der Waals surface area contributed by atoms with Crippen molar-refractivity contribution in [3.63, 3.8) is 0 Å². The predicted molar refractivity (Wildman–Crippen MR) is 51.7 cm³/mol. The molecule has 0 heterocycles. The standard InChI is InChI=1S/C10H15NO3/c12-9(6-5-8-3-4-8)11-7-1-2-10(13)14/h5-6,8H,1-4,7H2,(H,11,12)(H,13,14)/b6-5+. The van der Waals surface area contributed by atoms with Crippen molar-refractivity contribution in [3.05, 3.63) is 12.2 Å². The second kappa shape index (κ2) is 5.42. The van der Waals surface area contributed by atoms with E-state index in [0.717, 1.165) is 0 Å². The molecule has 78 valence electrons. The van der Waals surface area contributed by atoms with Crippen LogP contribution < -0.4 is 5.32 Å².